The number of nitrogens with zero attached hydrogens (tertiary/aromatic N) is 1. The van der Waals surface area contributed by atoms with Crippen molar-refractivity contribution in [1.29, 1.82) is 0 Å². The summed E-state index contributed by atoms with van der Waals surface area (Å²) in [7, 11) is 1.95. The van der Waals surface area contributed by atoms with Crippen LogP contribution in [-0.2, 0) is 4.79 Å². The zero-order valence-corrected chi connectivity index (χ0v) is 13.6. The van der Waals surface area contributed by atoms with Crippen LogP contribution in [0.1, 0.15) is 27.7 Å². The van der Waals surface area contributed by atoms with Gasteiger partial charge in [-0.05, 0) is 37.6 Å². The van der Waals surface area contributed by atoms with E-state index >= 15 is 0 Å². The molecule has 0 aliphatic rings. The molecule has 0 heterocycles. The number of nitrogen functional groups attached to an aromatic ring is 1. The Hall–Kier alpha value is -1.26. The number of rotatable bonds is 4. The van der Waals surface area contributed by atoms with Gasteiger partial charge in [0, 0.05) is 11.6 Å². The van der Waals surface area contributed by atoms with Crippen LogP contribution in [0.2, 0.25) is 5.02 Å². The van der Waals surface area contributed by atoms with Gasteiger partial charge >= 0.3 is 0 Å². The van der Waals surface area contributed by atoms with Crippen LogP contribution in [0.5, 0.6) is 0 Å². The van der Waals surface area contributed by atoms with E-state index < -0.39 is 0 Å². The van der Waals surface area contributed by atoms with Gasteiger partial charge in [-0.3, -0.25) is 9.69 Å². The van der Waals surface area contributed by atoms with Crippen molar-refractivity contribution < 1.29 is 4.79 Å². The van der Waals surface area contributed by atoms with E-state index in [1.165, 1.54) is 0 Å². The molecule has 0 saturated heterocycles. The Morgan fingerprint density at radius 2 is 2.05 bits per heavy atom. The van der Waals surface area contributed by atoms with Crippen molar-refractivity contribution in [3.8, 4) is 0 Å². The first-order valence-electron chi connectivity index (χ1n) is 6.66. The van der Waals surface area contributed by atoms with E-state index in [2.05, 4.69) is 26.1 Å². The highest BCUT2D eigenvalue weighted by Crippen LogP contribution is 2.23. The molecule has 0 spiro atoms. The summed E-state index contributed by atoms with van der Waals surface area (Å²) in [6.07, 6.45) is 0. The third-order valence-electron chi connectivity index (χ3n) is 3.04. The number of nitrogens with one attached hydrogen (secondary N) is 1. The Morgan fingerprint density at radius 1 is 1.45 bits per heavy atom. The van der Waals surface area contributed by atoms with Gasteiger partial charge in [-0.1, -0.05) is 32.4 Å². The highest BCUT2D eigenvalue weighted by molar-refractivity contribution is 6.31. The van der Waals surface area contributed by atoms with Crippen LogP contribution in [0.4, 0.5) is 11.4 Å². The Balaban J connectivity index is 2.70. The highest BCUT2D eigenvalue weighted by Gasteiger charge is 2.22. The van der Waals surface area contributed by atoms with E-state index in [1.54, 1.807) is 18.2 Å². The summed E-state index contributed by atoms with van der Waals surface area (Å²) in [4.78, 5) is 14.3. The van der Waals surface area contributed by atoms with Crippen molar-refractivity contribution in [2.24, 2.45) is 5.41 Å². The molecule has 1 aromatic carbocycles. The molecule has 1 amide bonds. The van der Waals surface area contributed by atoms with Crippen LogP contribution < -0.4 is 11.1 Å². The molecule has 1 unspecified atom stereocenters. The monoisotopic (exact) mass is 297 g/mol. The molecule has 1 aromatic rings. The third kappa shape index (κ3) is 5.02. The Bertz CT molecular complexity index is 482. The average molecular weight is 298 g/mol. The number of amides is 1. The molecular weight excluding hydrogens is 274 g/mol. The first-order chi connectivity index (χ1) is 9.10. The van der Waals surface area contributed by atoms with Gasteiger partial charge in [-0.2, -0.15) is 0 Å². The second-order valence-corrected chi connectivity index (χ2v) is 6.81. The molecule has 0 aromatic heterocycles. The van der Waals surface area contributed by atoms with Gasteiger partial charge in [0.05, 0.1) is 17.4 Å². The Morgan fingerprint density at radius 3 is 2.55 bits per heavy atom. The quantitative estimate of drug-likeness (QED) is 0.839. The summed E-state index contributed by atoms with van der Waals surface area (Å²) in [5.74, 6) is -0.0780. The number of carbonyl (C=O) groups excluding carboxylic acids is 1. The van der Waals surface area contributed by atoms with Crippen LogP contribution in [0.25, 0.3) is 0 Å². The van der Waals surface area contributed by atoms with Gasteiger partial charge in [0.1, 0.15) is 0 Å². The second-order valence-electron chi connectivity index (χ2n) is 6.37. The normalized spacial score (nSPS) is 13.3. The molecule has 0 aliphatic heterocycles. The fraction of sp³-hybridized carbons (Fsp3) is 0.533. The molecular formula is C15H24ClN3O. The Kier molecular flexibility index (Phi) is 5.42. The summed E-state index contributed by atoms with van der Waals surface area (Å²) < 4.78 is 0. The van der Waals surface area contributed by atoms with Gasteiger partial charge in [-0.25, -0.2) is 0 Å². The minimum Gasteiger partial charge on any atom is -0.397 e. The minimum atomic E-state index is -0.232. The fourth-order valence-electron chi connectivity index (χ4n) is 1.97. The average Bonchev–Trinajstić information content (AvgIpc) is 2.29. The zero-order chi connectivity index (χ0) is 15.5. The molecule has 4 nitrogen and oxygen atoms in total. The Labute approximate surface area is 126 Å². The maximum absolute atomic E-state index is 12.2. The lowest BCUT2D eigenvalue weighted by Crippen LogP contribution is -2.43. The van der Waals surface area contributed by atoms with E-state index in [9.17, 15) is 4.79 Å². The van der Waals surface area contributed by atoms with Gasteiger partial charge in [-0.15, -0.1) is 0 Å². The number of benzene rings is 1. The highest BCUT2D eigenvalue weighted by atomic mass is 35.5. The maximum atomic E-state index is 12.2. The summed E-state index contributed by atoms with van der Waals surface area (Å²) >= 11 is 5.84. The van der Waals surface area contributed by atoms with Crippen molar-refractivity contribution in [3.05, 3.63) is 23.2 Å². The minimum absolute atomic E-state index is 0.0780. The molecule has 112 valence electrons. The predicted molar refractivity (Wildman–Crippen MR) is 86.0 cm³/mol. The summed E-state index contributed by atoms with van der Waals surface area (Å²) in [6, 6.07) is 4.81. The smallest absolute Gasteiger partial charge is 0.241 e. The van der Waals surface area contributed by atoms with Crippen molar-refractivity contribution >= 4 is 28.9 Å². The largest absolute Gasteiger partial charge is 0.397 e. The number of hydrogen-bond donors (Lipinski definition) is 2. The lowest BCUT2D eigenvalue weighted by molar-refractivity contribution is -0.120. The van der Waals surface area contributed by atoms with E-state index in [0.29, 0.717) is 16.4 Å². The molecule has 0 radical (unpaired) electrons. The molecule has 5 heteroatoms. The first-order valence-corrected chi connectivity index (χ1v) is 7.04. The van der Waals surface area contributed by atoms with E-state index in [-0.39, 0.29) is 17.4 Å². The number of halogens is 1. The van der Waals surface area contributed by atoms with Crippen molar-refractivity contribution in [2.45, 2.75) is 33.7 Å². The van der Waals surface area contributed by atoms with Gasteiger partial charge < -0.3 is 11.1 Å². The second kappa shape index (κ2) is 6.46. The number of likely N-dealkylation sites (N-methyl/N-ethyl adjacent to an activating group) is 1. The number of anilines is 2. The molecule has 0 bridgehead atoms. The number of carbonyl (C=O) groups is 1. The topological polar surface area (TPSA) is 58.4 Å². The molecule has 0 fully saturated rings. The number of nitrogens with two attached hydrogens (primary N) is 1. The van der Waals surface area contributed by atoms with E-state index in [4.69, 9.17) is 17.3 Å². The van der Waals surface area contributed by atoms with E-state index in [0.717, 1.165) is 6.54 Å². The fourth-order valence-corrected chi connectivity index (χ4v) is 2.15. The van der Waals surface area contributed by atoms with Gasteiger partial charge in [0.2, 0.25) is 5.91 Å². The molecule has 0 aliphatic carbocycles. The summed E-state index contributed by atoms with van der Waals surface area (Å²) in [5.41, 5.74) is 7.04. The molecule has 0 saturated carbocycles. The van der Waals surface area contributed by atoms with Crippen molar-refractivity contribution in [3.63, 3.8) is 0 Å². The lowest BCUT2D eigenvalue weighted by Gasteiger charge is -2.30. The van der Waals surface area contributed by atoms with Gasteiger partial charge in [0.25, 0.3) is 0 Å². The maximum Gasteiger partial charge on any atom is 0.241 e. The van der Waals surface area contributed by atoms with Crippen LogP contribution in [-0.4, -0.2) is 30.4 Å². The molecule has 1 rings (SSSR count). The lowest BCUT2D eigenvalue weighted by atomic mass is 9.95. The summed E-state index contributed by atoms with van der Waals surface area (Å²) in [5, 5.41) is 3.39. The molecule has 20 heavy (non-hydrogen) atoms. The van der Waals surface area contributed by atoms with Crippen LogP contribution >= 0.6 is 11.6 Å². The summed E-state index contributed by atoms with van der Waals surface area (Å²) in [6.45, 7) is 9.15. The van der Waals surface area contributed by atoms with Crippen LogP contribution in [0.3, 0.4) is 0 Å². The molecule has 3 N–H and O–H groups in total. The number of hydrogen-bond acceptors (Lipinski definition) is 3. The molecule has 1 atom stereocenters. The van der Waals surface area contributed by atoms with Crippen molar-refractivity contribution in [2.75, 3.05) is 24.6 Å². The third-order valence-corrected chi connectivity index (χ3v) is 3.27. The van der Waals surface area contributed by atoms with Crippen LogP contribution in [0.15, 0.2) is 18.2 Å². The van der Waals surface area contributed by atoms with E-state index in [1.807, 2.05) is 18.9 Å². The predicted octanol–water partition coefficient (Wildman–Crippen LogP) is 3.23. The van der Waals surface area contributed by atoms with Crippen LogP contribution in [0, 0.1) is 5.41 Å². The zero-order valence-electron chi connectivity index (χ0n) is 12.8. The SMILES string of the molecule is CC(C(=O)Nc1ccc(Cl)cc1N)N(C)CC(C)(C)C. The first kappa shape index (κ1) is 16.8. The standard InChI is InChI=1S/C15H24ClN3O/c1-10(19(5)9-15(2,3)4)14(20)18-13-7-6-11(16)8-12(13)17/h6-8,10H,9,17H2,1-5H3,(H,18,20). The van der Waals surface area contributed by atoms with Crippen molar-refractivity contribution in [1.82, 2.24) is 4.90 Å². The van der Waals surface area contributed by atoms with Gasteiger partial charge in [0.15, 0.2) is 0 Å².